The maximum absolute atomic E-state index is 11.0. The van der Waals surface area contributed by atoms with Gasteiger partial charge in [0.2, 0.25) is 0 Å². The molecule has 4 rings (SSSR count). The van der Waals surface area contributed by atoms with Crippen LogP contribution in [0.5, 0.6) is 0 Å². The quantitative estimate of drug-likeness (QED) is 0.331. The lowest BCUT2D eigenvalue weighted by Gasteiger charge is -2.03. The molecule has 0 atom stereocenters. The summed E-state index contributed by atoms with van der Waals surface area (Å²) < 4.78 is 1.69. The summed E-state index contributed by atoms with van der Waals surface area (Å²) in [5.41, 5.74) is 3.44. The number of nitrogens with zero attached hydrogens (tertiary/aromatic N) is 3. The van der Waals surface area contributed by atoms with E-state index in [4.69, 9.17) is 10.9 Å². The summed E-state index contributed by atoms with van der Waals surface area (Å²) in [6.07, 6.45) is 3.37. The normalized spacial score (nSPS) is 11.3. The van der Waals surface area contributed by atoms with Gasteiger partial charge in [0.05, 0.1) is 17.5 Å². The Morgan fingerprint density at radius 3 is 2.48 bits per heavy atom. The molecule has 0 aliphatic carbocycles. The molecule has 0 saturated carbocycles. The summed E-state index contributed by atoms with van der Waals surface area (Å²) in [7, 11) is 0. The fourth-order valence-corrected chi connectivity index (χ4v) is 3.01. The number of benzene rings is 3. The van der Waals surface area contributed by atoms with Gasteiger partial charge in [0.15, 0.2) is 0 Å². The van der Waals surface area contributed by atoms with Crippen molar-refractivity contribution in [2.24, 2.45) is 10.9 Å². The Morgan fingerprint density at radius 1 is 1.04 bits per heavy atom. The first-order valence-electron chi connectivity index (χ1n) is 8.31. The van der Waals surface area contributed by atoms with Crippen molar-refractivity contribution < 1.29 is 9.90 Å². The molecule has 0 radical (unpaired) electrons. The highest BCUT2D eigenvalue weighted by atomic mass is 16.4. The first-order chi connectivity index (χ1) is 13.2. The minimum absolute atomic E-state index is 0.226. The van der Waals surface area contributed by atoms with E-state index >= 15 is 0 Å². The van der Waals surface area contributed by atoms with Gasteiger partial charge in [-0.05, 0) is 41.1 Å². The Labute approximate surface area is 155 Å². The number of carbonyl (C=O) groups is 1. The summed E-state index contributed by atoms with van der Waals surface area (Å²) in [6, 6.07) is 20.8. The topological polar surface area (TPSA) is 93.5 Å². The van der Waals surface area contributed by atoms with Crippen molar-refractivity contribution in [3.63, 3.8) is 0 Å². The number of carboxylic acids is 1. The Morgan fingerprint density at radius 2 is 1.78 bits per heavy atom. The van der Waals surface area contributed by atoms with Crippen molar-refractivity contribution in [1.82, 2.24) is 9.78 Å². The number of aromatic carboxylic acids is 1. The molecule has 1 aromatic heterocycles. The second kappa shape index (κ2) is 6.76. The first-order valence-corrected chi connectivity index (χ1v) is 8.31. The minimum atomic E-state index is -0.963. The summed E-state index contributed by atoms with van der Waals surface area (Å²) >= 11 is 0. The number of nitrogens with two attached hydrogens (primary N) is 1. The molecule has 6 heteroatoms. The molecule has 1 heterocycles. The first kappa shape index (κ1) is 16.5. The maximum Gasteiger partial charge on any atom is 0.335 e. The molecular formula is C21H16N4O2. The van der Waals surface area contributed by atoms with Crippen molar-refractivity contribution in [2.75, 3.05) is 0 Å². The van der Waals surface area contributed by atoms with Crippen LogP contribution in [0.1, 0.15) is 15.9 Å². The smallest absolute Gasteiger partial charge is 0.335 e. The van der Waals surface area contributed by atoms with Crippen LogP contribution in [0.3, 0.4) is 0 Å². The van der Waals surface area contributed by atoms with E-state index < -0.39 is 5.97 Å². The highest BCUT2D eigenvalue weighted by Gasteiger charge is 2.12. The molecule has 0 aliphatic heterocycles. The van der Waals surface area contributed by atoms with Gasteiger partial charge >= 0.3 is 5.97 Å². The van der Waals surface area contributed by atoms with Gasteiger partial charge in [-0.3, -0.25) is 0 Å². The minimum Gasteiger partial charge on any atom is -0.478 e. The summed E-state index contributed by atoms with van der Waals surface area (Å²) in [4.78, 5) is 11.0. The second-order valence-corrected chi connectivity index (χ2v) is 6.07. The predicted octanol–water partition coefficient (Wildman–Crippen LogP) is 3.68. The van der Waals surface area contributed by atoms with E-state index in [1.165, 1.54) is 0 Å². The molecule has 0 bridgehead atoms. The van der Waals surface area contributed by atoms with E-state index in [1.54, 1.807) is 35.2 Å². The highest BCUT2D eigenvalue weighted by Crippen LogP contribution is 2.26. The van der Waals surface area contributed by atoms with Gasteiger partial charge < -0.3 is 10.9 Å². The van der Waals surface area contributed by atoms with Crippen LogP contribution in [0.4, 0.5) is 0 Å². The SMILES string of the molecule is N/N=C/c1cn(-c2ccc(C(=O)O)cc2)nc1-c1ccc2ccccc2c1. The van der Waals surface area contributed by atoms with E-state index in [2.05, 4.69) is 34.5 Å². The van der Waals surface area contributed by atoms with Crippen LogP contribution in [0.15, 0.2) is 78.0 Å². The predicted molar refractivity (Wildman–Crippen MR) is 105 cm³/mol. The maximum atomic E-state index is 11.0. The third kappa shape index (κ3) is 3.16. The van der Waals surface area contributed by atoms with Crippen LogP contribution < -0.4 is 5.84 Å². The lowest BCUT2D eigenvalue weighted by Crippen LogP contribution is -1.99. The zero-order valence-electron chi connectivity index (χ0n) is 14.3. The average molecular weight is 356 g/mol. The largest absolute Gasteiger partial charge is 0.478 e. The Kier molecular flexibility index (Phi) is 4.14. The highest BCUT2D eigenvalue weighted by molar-refractivity contribution is 5.92. The van der Waals surface area contributed by atoms with Crippen molar-refractivity contribution in [1.29, 1.82) is 0 Å². The van der Waals surface area contributed by atoms with E-state index in [0.717, 1.165) is 33.3 Å². The van der Waals surface area contributed by atoms with Gasteiger partial charge in [0.1, 0.15) is 5.69 Å². The van der Waals surface area contributed by atoms with Crippen molar-refractivity contribution in [3.05, 3.63) is 84.1 Å². The zero-order chi connectivity index (χ0) is 18.8. The van der Waals surface area contributed by atoms with Gasteiger partial charge in [-0.25, -0.2) is 9.48 Å². The number of carboxylic acid groups (broad SMARTS) is 1. The van der Waals surface area contributed by atoms with E-state index in [1.807, 2.05) is 24.4 Å². The molecule has 0 amide bonds. The number of hydrogen-bond donors (Lipinski definition) is 2. The summed E-state index contributed by atoms with van der Waals surface area (Å²) in [5.74, 6) is 4.40. The lowest BCUT2D eigenvalue weighted by atomic mass is 10.0. The van der Waals surface area contributed by atoms with Crippen molar-refractivity contribution in [2.45, 2.75) is 0 Å². The standard InChI is InChI=1S/C21H16N4O2/c22-23-12-18-13-25(19-9-7-15(8-10-19)21(26)27)24-20(18)17-6-5-14-3-1-2-4-16(14)11-17/h1-13H,22H2,(H,26,27)/b23-12+. The Balaban J connectivity index is 1.81. The van der Waals surface area contributed by atoms with Gasteiger partial charge in [-0.1, -0.05) is 36.4 Å². The molecule has 4 aromatic rings. The molecule has 0 spiro atoms. The van der Waals surface area contributed by atoms with E-state index in [9.17, 15) is 4.79 Å². The van der Waals surface area contributed by atoms with Crippen LogP contribution in [-0.2, 0) is 0 Å². The summed E-state index contributed by atoms with van der Waals surface area (Å²) in [6.45, 7) is 0. The number of fused-ring (bicyclic) bond motifs is 1. The third-order valence-electron chi connectivity index (χ3n) is 4.36. The Bertz CT molecular complexity index is 1160. The number of rotatable bonds is 4. The van der Waals surface area contributed by atoms with Crippen LogP contribution in [-0.4, -0.2) is 27.1 Å². The molecule has 3 N–H and O–H groups in total. The van der Waals surface area contributed by atoms with Crippen LogP contribution >= 0.6 is 0 Å². The lowest BCUT2D eigenvalue weighted by molar-refractivity contribution is 0.0697. The van der Waals surface area contributed by atoms with Crippen LogP contribution in [0, 0.1) is 0 Å². The van der Waals surface area contributed by atoms with Gasteiger partial charge in [-0.2, -0.15) is 10.2 Å². The zero-order valence-corrected chi connectivity index (χ0v) is 14.3. The second-order valence-electron chi connectivity index (χ2n) is 6.07. The number of aromatic nitrogens is 2. The molecule has 0 unspecified atom stereocenters. The molecule has 0 fully saturated rings. The number of hydrazone groups is 1. The van der Waals surface area contributed by atoms with E-state index in [-0.39, 0.29) is 5.56 Å². The molecule has 27 heavy (non-hydrogen) atoms. The van der Waals surface area contributed by atoms with Crippen molar-refractivity contribution in [3.8, 4) is 16.9 Å². The molecule has 6 nitrogen and oxygen atoms in total. The third-order valence-corrected chi connectivity index (χ3v) is 4.36. The van der Waals surface area contributed by atoms with Crippen molar-refractivity contribution >= 4 is 23.0 Å². The Hall–Kier alpha value is -3.93. The number of hydrogen-bond acceptors (Lipinski definition) is 4. The van der Waals surface area contributed by atoms with Crippen LogP contribution in [0.2, 0.25) is 0 Å². The fourth-order valence-electron chi connectivity index (χ4n) is 3.01. The molecule has 0 saturated heterocycles. The van der Waals surface area contributed by atoms with Crippen LogP contribution in [0.25, 0.3) is 27.7 Å². The molecule has 132 valence electrons. The summed E-state index contributed by atoms with van der Waals surface area (Å²) in [5, 5.41) is 19.6. The molecule has 0 aliphatic rings. The monoisotopic (exact) mass is 356 g/mol. The van der Waals surface area contributed by atoms with Gasteiger partial charge in [0, 0.05) is 17.3 Å². The molecular weight excluding hydrogens is 340 g/mol. The van der Waals surface area contributed by atoms with Gasteiger partial charge in [0.25, 0.3) is 0 Å². The fraction of sp³-hybridized carbons (Fsp3) is 0. The van der Waals surface area contributed by atoms with Gasteiger partial charge in [-0.15, -0.1) is 0 Å². The average Bonchev–Trinajstić information content (AvgIpc) is 3.12. The molecule has 3 aromatic carbocycles. The van der Waals surface area contributed by atoms with E-state index in [0.29, 0.717) is 0 Å².